The lowest BCUT2D eigenvalue weighted by molar-refractivity contribution is 0.127. The summed E-state index contributed by atoms with van der Waals surface area (Å²) in [5.74, 6) is 1.63. The molecule has 23 heavy (non-hydrogen) atoms. The Hall–Kier alpha value is -1.39. The first kappa shape index (κ1) is 19.7. The van der Waals surface area contributed by atoms with Crippen molar-refractivity contribution in [2.75, 3.05) is 19.8 Å². The molecule has 0 spiro atoms. The maximum Gasteiger partial charge on any atom is 0.125 e. The first-order valence-electron chi connectivity index (χ1n) is 7.41. The van der Waals surface area contributed by atoms with Crippen LogP contribution < -0.4 is 9.47 Å². The van der Waals surface area contributed by atoms with E-state index in [-0.39, 0.29) is 4.49 Å². The van der Waals surface area contributed by atoms with E-state index in [1.165, 1.54) is 0 Å². The summed E-state index contributed by atoms with van der Waals surface area (Å²) in [6.45, 7) is 9.20. The minimum absolute atomic E-state index is 0.197. The van der Waals surface area contributed by atoms with Gasteiger partial charge < -0.3 is 14.3 Å². The lowest BCUT2D eigenvalue weighted by Crippen LogP contribution is -2.04. The molecule has 1 aromatic rings. The van der Waals surface area contributed by atoms with Crippen molar-refractivity contribution in [3.8, 4) is 11.5 Å². The topological polar surface area (TPSA) is 40.0 Å². The summed E-state index contributed by atoms with van der Waals surface area (Å²) >= 11 is 11.1. The van der Waals surface area contributed by atoms with Gasteiger partial charge in [-0.25, -0.2) is 0 Å². The van der Waals surface area contributed by atoms with Crippen LogP contribution in [0.2, 0.25) is 0 Å². The standard InChI is InChI=1S/C17H23Cl2NO3/c1-12(2)20-23-8-5-7-22-17-13(3)10-15(11-14(17)4)21-9-6-16(18)19/h6,10-11H,5,7-9H2,1-4H3. The molecule has 0 fully saturated rings. The molecule has 0 aliphatic rings. The molecule has 0 saturated heterocycles. The fourth-order valence-corrected chi connectivity index (χ4v) is 2.02. The molecule has 0 amide bonds. The smallest absolute Gasteiger partial charge is 0.125 e. The molecule has 0 bridgehead atoms. The molecular formula is C17H23Cl2NO3. The highest BCUT2D eigenvalue weighted by molar-refractivity contribution is 6.55. The molecule has 1 rings (SSSR count). The Morgan fingerprint density at radius 1 is 1.09 bits per heavy atom. The third-order valence-electron chi connectivity index (χ3n) is 2.79. The molecule has 1 aromatic carbocycles. The maximum atomic E-state index is 5.83. The van der Waals surface area contributed by atoms with Crippen LogP contribution in [0.3, 0.4) is 0 Å². The van der Waals surface area contributed by atoms with E-state index in [0.29, 0.717) is 19.8 Å². The molecule has 0 unspecified atom stereocenters. The van der Waals surface area contributed by atoms with Gasteiger partial charge in [-0.1, -0.05) is 28.4 Å². The third kappa shape index (κ3) is 8.14. The SMILES string of the molecule is CC(C)=NOCCCOc1c(C)cc(OCC=C(Cl)Cl)cc1C. The summed E-state index contributed by atoms with van der Waals surface area (Å²) in [7, 11) is 0. The Kier molecular flexibility index (Phi) is 8.89. The molecule has 6 heteroatoms. The maximum absolute atomic E-state index is 5.83. The van der Waals surface area contributed by atoms with Gasteiger partial charge in [0.15, 0.2) is 0 Å². The molecule has 0 N–H and O–H groups in total. The number of ether oxygens (including phenoxy) is 2. The molecule has 0 saturated carbocycles. The molecule has 4 nitrogen and oxygen atoms in total. The van der Waals surface area contributed by atoms with Gasteiger partial charge in [-0.15, -0.1) is 0 Å². The van der Waals surface area contributed by atoms with Gasteiger partial charge in [0.2, 0.25) is 0 Å². The van der Waals surface area contributed by atoms with Crippen molar-refractivity contribution >= 4 is 28.9 Å². The number of rotatable bonds is 9. The summed E-state index contributed by atoms with van der Waals surface area (Å²) in [4.78, 5) is 5.14. The number of hydrogen-bond donors (Lipinski definition) is 0. The second-order valence-corrected chi connectivity index (χ2v) is 6.27. The molecule has 0 aromatic heterocycles. The fourth-order valence-electron chi connectivity index (χ4n) is 1.89. The van der Waals surface area contributed by atoms with E-state index in [1.54, 1.807) is 6.08 Å². The number of nitrogens with zero attached hydrogens (tertiary/aromatic N) is 1. The molecule has 0 heterocycles. The number of halogens is 2. The Morgan fingerprint density at radius 3 is 2.30 bits per heavy atom. The fraction of sp³-hybridized carbons (Fsp3) is 0.471. The Morgan fingerprint density at radius 2 is 1.74 bits per heavy atom. The van der Waals surface area contributed by atoms with Crippen molar-refractivity contribution in [2.45, 2.75) is 34.1 Å². The van der Waals surface area contributed by atoms with Gasteiger partial charge in [0, 0.05) is 6.42 Å². The zero-order valence-corrected chi connectivity index (χ0v) is 15.5. The first-order valence-corrected chi connectivity index (χ1v) is 8.17. The van der Waals surface area contributed by atoms with E-state index in [4.69, 9.17) is 37.5 Å². The minimum Gasteiger partial charge on any atom is -0.493 e. The highest BCUT2D eigenvalue weighted by atomic mass is 35.5. The highest BCUT2D eigenvalue weighted by Crippen LogP contribution is 2.28. The average Bonchev–Trinajstić information content (AvgIpc) is 2.44. The zero-order valence-electron chi connectivity index (χ0n) is 14.0. The minimum atomic E-state index is 0.197. The predicted molar refractivity (Wildman–Crippen MR) is 96.0 cm³/mol. The summed E-state index contributed by atoms with van der Waals surface area (Å²) in [5, 5.41) is 3.88. The Bertz CT molecular complexity index is 540. The van der Waals surface area contributed by atoms with E-state index >= 15 is 0 Å². The quantitative estimate of drug-likeness (QED) is 0.346. The monoisotopic (exact) mass is 359 g/mol. The normalized spacial score (nSPS) is 10.0. The van der Waals surface area contributed by atoms with Crippen LogP contribution in [0, 0.1) is 13.8 Å². The van der Waals surface area contributed by atoms with Crippen molar-refractivity contribution in [3.63, 3.8) is 0 Å². The van der Waals surface area contributed by atoms with Crippen molar-refractivity contribution < 1.29 is 14.3 Å². The predicted octanol–water partition coefficient (Wildman–Crippen LogP) is 5.18. The molecule has 0 aliphatic heterocycles. The van der Waals surface area contributed by atoms with Crippen molar-refractivity contribution in [1.82, 2.24) is 0 Å². The van der Waals surface area contributed by atoms with Gasteiger partial charge in [0.05, 0.1) is 12.3 Å². The van der Waals surface area contributed by atoms with E-state index in [0.717, 1.165) is 34.8 Å². The largest absolute Gasteiger partial charge is 0.493 e. The molecular weight excluding hydrogens is 337 g/mol. The van der Waals surface area contributed by atoms with E-state index in [9.17, 15) is 0 Å². The van der Waals surface area contributed by atoms with E-state index < -0.39 is 0 Å². The summed E-state index contributed by atoms with van der Waals surface area (Å²) in [5.41, 5.74) is 2.94. The molecule has 128 valence electrons. The zero-order chi connectivity index (χ0) is 17.2. The lowest BCUT2D eigenvalue weighted by Gasteiger charge is -2.14. The van der Waals surface area contributed by atoms with Gasteiger partial charge in [0.25, 0.3) is 0 Å². The van der Waals surface area contributed by atoms with Crippen LogP contribution in [-0.4, -0.2) is 25.5 Å². The van der Waals surface area contributed by atoms with Crippen LogP contribution >= 0.6 is 23.2 Å². The summed E-state index contributed by atoms with van der Waals surface area (Å²) < 4.78 is 11.6. The van der Waals surface area contributed by atoms with Crippen LogP contribution in [0.25, 0.3) is 0 Å². The number of aryl methyl sites for hydroxylation is 2. The van der Waals surface area contributed by atoms with E-state index in [2.05, 4.69) is 5.16 Å². The molecule has 0 radical (unpaired) electrons. The highest BCUT2D eigenvalue weighted by Gasteiger charge is 2.07. The number of hydrogen-bond acceptors (Lipinski definition) is 4. The van der Waals surface area contributed by atoms with Gasteiger partial charge in [-0.05, 0) is 57.0 Å². The Balaban J connectivity index is 2.50. The van der Waals surface area contributed by atoms with Crippen LogP contribution in [-0.2, 0) is 4.84 Å². The second kappa shape index (κ2) is 10.4. The average molecular weight is 360 g/mol. The van der Waals surface area contributed by atoms with Crippen molar-refractivity contribution in [3.05, 3.63) is 33.8 Å². The third-order valence-corrected chi connectivity index (χ3v) is 3.10. The second-order valence-electron chi connectivity index (χ2n) is 5.26. The van der Waals surface area contributed by atoms with Gasteiger partial charge in [-0.2, -0.15) is 0 Å². The first-order chi connectivity index (χ1) is 10.9. The van der Waals surface area contributed by atoms with Crippen LogP contribution in [0.1, 0.15) is 31.4 Å². The van der Waals surface area contributed by atoms with Gasteiger partial charge >= 0.3 is 0 Å². The number of benzene rings is 1. The van der Waals surface area contributed by atoms with Gasteiger partial charge in [0.1, 0.15) is 29.2 Å². The van der Waals surface area contributed by atoms with E-state index in [1.807, 2.05) is 39.8 Å². The summed E-state index contributed by atoms with van der Waals surface area (Å²) in [6.07, 6.45) is 2.37. The molecule has 0 atom stereocenters. The van der Waals surface area contributed by atoms with Crippen LogP contribution in [0.4, 0.5) is 0 Å². The lowest BCUT2D eigenvalue weighted by atomic mass is 10.1. The van der Waals surface area contributed by atoms with Crippen molar-refractivity contribution in [1.29, 1.82) is 0 Å². The molecule has 0 aliphatic carbocycles. The van der Waals surface area contributed by atoms with Crippen molar-refractivity contribution in [2.24, 2.45) is 5.16 Å². The van der Waals surface area contributed by atoms with Crippen LogP contribution in [0.5, 0.6) is 11.5 Å². The summed E-state index contributed by atoms with van der Waals surface area (Å²) in [6, 6.07) is 3.86. The number of oxime groups is 1. The van der Waals surface area contributed by atoms with Gasteiger partial charge in [-0.3, -0.25) is 0 Å². The van der Waals surface area contributed by atoms with Crippen LogP contribution in [0.15, 0.2) is 27.9 Å². The Labute approximate surface area is 148 Å².